The highest BCUT2D eigenvalue weighted by atomic mass is 35.5. The number of pyridine rings is 1. The summed E-state index contributed by atoms with van der Waals surface area (Å²) in [5.41, 5.74) is 1.09. The molecule has 0 saturated heterocycles. The topological polar surface area (TPSA) is 65.2 Å². The fraction of sp³-hybridized carbons (Fsp3) is 0.200. The molecule has 5 nitrogen and oxygen atoms in total. The van der Waals surface area contributed by atoms with Crippen LogP contribution in [0.2, 0.25) is 5.02 Å². The predicted octanol–water partition coefficient (Wildman–Crippen LogP) is 4.76. The van der Waals surface area contributed by atoms with Crippen molar-refractivity contribution in [1.29, 1.82) is 0 Å². The average Bonchev–Trinajstić information content (AvgIpc) is 2.66. The molecule has 1 aromatic heterocycles. The maximum absolute atomic E-state index is 13.3. The number of aromatic nitrogens is 1. The van der Waals surface area contributed by atoms with E-state index in [0.717, 1.165) is 17.4 Å². The number of amides is 2. The first-order valence-electron chi connectivity index (χ1n) is 8.60. The van der Waals surface area contributed by atoms with Gasteiger partial charge in [0, 0.05) is 30.4 Å². The maximum Gasteiger partial charge on any atom is 0.322 e. The summed E-state index contributed by atoms with van der Waals surface area (Å²) in [7, 11) is 0. The fourth-order valence-electron chi connectivity index (χ4n) is 2.90. The molecule has 3 rings (SSSR count). The van der Waals surface area contributed by atoms with Gasteiger partial charge in [-0.15, -0.1) is 0 Å². The van der Waals surface area contributed by atoms with Crippen LogP contribution in [0.3, 0.4) is 0 Å². The Kier molecular flexibility index (Phi) is 5.76. The Labute approximate surface area is 160 Å². The number of halogens is 2. The van der Waals surface area contributed by atoms with Crippen LogP contribution in [0.25, 0.3) is 10.8 Å². The summed E-state index contributed by atoms with van der Waals surface area (Å²) in [5.74, 6) is -0.542. The monoisotopic (exact) mass is 387 g/mol. The van der Waals surface area contributed by atoms with Crippen molar-refractivity contribution < 1.29 is 9.18 Å². The van der Waals surface area contributed by atoms with Crippen LogP contribution < -0.4 is 10.9 Å². The van der Waals surface area contributed by atoms with E-state index in [0.29, 0.717) is 24.2 Å². The molecule has 0 bridgehead atoms. The van der Waals surface area contributed by atoms with Gasteiger partial charge in [-0.05, 0) is 41.6 Å². The molecule has 0 atom stereocenters. The molecule has 0 fully saturated rings. The summed E-state index contributed by atoms with van der Waals surface area (Å²) in [6, 6.07) is 11.0. The van der Waals surface area contributed by atoms with Crippen molar-refractivity contribution in [2.75, 3.05) is 11.9 Å². The lowest BCUT2D eigenvalue weighted by molar-refractivity contribution is 0.209. The Bertz CT molecular complexity index is 1040. The van der Waals surface area contributed by atoms with Gasteiger partial charge in [0.25, 0.3) is 5.56 Å². The predicted molar refractivity (Wildman–Crippen MR) is 106 cm³/mol. The molecular formula is C20H19ClFN3O2. The molecule has 0 spiro atoms. The second-order valence-electron chi connectivity index (χ2n) is 6.17. The van der Waals surface area contributed by atoms with Gasteiger partial charge in [0.15, 0.2) is 0 Å². The van der Waals surface area contributed by atoms with Crippen molar-refractivity contribution in [1.82, 2.24) is 9.88 Å². The van der Waals surface area contributed by atoms with Crippen LogP contribution in [0.4, 0.5) is 14.9 Å². The zero-order valence-corrected chi connectivity index (χ0v) is 15.5. The van der Waals surface area contributed by atoms with Crippen molar-refractivity contribution in [3.8, 4) is 0 Å². The molecule has 2 aromatic carbocycles. The van der Waals surface area contributed by atoms with Crippen LogP contribution in [0.15, 0.2) is 53.5 Å². The zero-order chi connectivity index (χ0) is 19.4. The van der Waals surface area contributed by atoms with Crippen LogP contribution in [0.1, 0.15) is 18.9 Å². The van der Waals surface area contributed by atoms with Crippen molar-refractivity contribution >= 4 is 34.1 Å². The minimum Gasteiger partial charge on any atom is -0.328 e. The molecule has 0 saturated carbocycles. The van der Waals surface area contributed by atoms with E-state index in [1.54, 1.807) is 23.2 Å². The summed E-state index contributed by atoms with van der Waals surface area (Å²) in [5, 5.41) is 4.07. The number of rotatable bonds is 5. The number of benzene rings is 2. The lowest BCUT2D eigenvalue weighted by atomic mass is 10.1. The Morgan fingerprint density at radius 3 is 2.67 bits per heavy atom. The van der Waals surface area contributed by atoms with E-state index in [1.165, 1.54) is 18.2 Å². The molecular weight excluding hydrogens is 369 g/mol. The number of hydrogen-bond donors (Lipinski definition) is 2. The number of hydrogen-bond acceptors (Lipinski definition) is 2. The van der Waals surface area contributed by atoms with Crippen LogP contribution in [-0.2, 0) is 6.54 Å². The summed E-state index contributed by atoms with van der Waals surface area (Å²) < 4.78 is 13.3. The molecule has 27 heavy (non-hydrogen) atoms. The number of carbonyl (C=O) groups excluding carboxylic acids is 1. The molecule has 0 unspecified atom stereocenters. The number of anilines is 1. The van der Waals surface area contributed by atoms with Gasteiger partial charge in [-0.2, -0.15) is 0 Å². The van der Waals surface area contributed by atoms with Gasteiger partial charge in [-0.25, -0.2) is 9.18 Å². The number of aromatic amines is 1. The number of fused-ring (bicyclic) bond motifs is 1. The highest BCUT2D eigenvalue weighted by Gasteiger charge is 2.16. The van der Waals surface area contributed by atoms with Crippen molar-refractivity contribution in [3.05, 3.63) is 75.4 Å². The van der Waals surface area contributed by atoms with E-state index in [2.05, 4.69) is 10.3 Å². The van der Waals surface area contributed by atoms with Gasteiger partial charge in [0.1, 0.15) is 5.82 Å². The van der Waals surface area contributed by atoms with Crippen molar-refractivity contribution in [2.24, 2.45) is 0 Å². The average molecular weight is 388 g/mol. The molecule has 2 amide bonds. The first-order chi connectivity index (χ1) is 13.0. The third-order valence-corrected chi connectivity index (χ3v) is 4.50. The molecule has 0 aliphatic rings. The van der Waals surface area contributed by atoms with E-state index in [9.17, 15) is 14.0 Å². The standard InChI is InChI=1S/C20H19ClFN3O2/c1-2-9-25(20(27)24-14-7-8-18(22)17(21)10-14)12-13-11-23-19(26)16-6-4-3-5-15(13)16/h3-8,10-11H,2,9,12H2,1H3,(H,23,26)(H,24,27). The number of H-pyrrole nitrogens is 1. The Morgan fingerprint density at radius 2 is 1.96 bits per heavy atom. The molecule has 140 valence electrons. The maximum atomic E-state index is 13.3. The summed E-state index contributed by atoms with van der Waals surface area (Å²) in [4.78, 5) is 29.1. The summed E-state index contributed by atoms with van der Waals surface area (Å²) in [6.07, 6.45) is 2.40. The van der Waals surface area contributed by atoms with Crippen LogP contribution in [0, 0.1) is 5.82 Å². The highest BCUT2D eigenvalue weighted by Crippen LogP contribution is 2.21. The molecule has 0 aliphatic carbocycles. The lowest BCUT2D eigenvalue weighted by Crippen LogP contribution is -2.35. The normalized spacial score (nSPS) is 10.8. The third kappa shape index (κ3) is 4.28. The number of nitrogens with zero attached hydrogens (tertiary/aromatic N) is 1. The molecule has 7 heteroatoms. The molecule has 0 radical (unpaired) electrons. The van der Waals surface area contributed by atoms with Crippen molar-refractivity contribution in [2.45, 2.75) is 19.9 Å². The van der Waals surface area contributed by atoms with Gasteiger partial charge < -0.3 is 15.2 Å². The molecule has 0 aliphatic heterocycles. The Morgan fingerprint density at radius 1 is 1.22 bits per heavy atom. The van der Waals surface area contributed by atoms with Crippen molar-refractivity contribution in [3.63, 3.8) is 0 Å². The molecule has 1 heterocycles. The Hall–Kier alpha value is -2.86. The van der Waals surface area contributed by atoms with Gasteiger partial charge in [-0.3, -0.25) is 4.79 Å². The van der Waals surface area contributed by atoms with Gasteiger partial charge in [0.2, 0.25) is 0 Å². The summed E-state index contributed by atoms with van der Waals surface area (Å²) in [6.45, 7) is 2.82. The minimum atomic E-state index is -0.542. The van der Waals surface area contributed by atoms with E-state index in [4.69, 9.17) is 11.6 Å². The largest absolute Gasteiger partial charge is 0.328 e. The number of nitrogens with one attached hydrogen (secondary N) is 2. The van der Waals surface area contributed by atoms with Gasteiger partial charge in [-0.1, -0.05) is 36.7 Å². The second kappa shape index (κ2) is 8.22. The van der Waals surface area contributed by atoms with Gasteiger partial charge >= 0.3 is 6.03 Å². The van der Waals surface area contributed by atoms with Crippen LogP contribution >= 0.6 is 11.6 Å². The number of urea groups is 1. The third-order valence-electron chi connectivity index (χ3n) is 4.21. The molecule has 2 N–H and O–H groups in total. The van der Waals surface area contributed by atoms with Crippen LogP contribution in [-0.4, -0.2) is 22.5 Å². The SMILES string of the molecule is CCCN(Cc1c[nH]c(=O)c2ccccc12)C(=O)Nc1ccc(F)c(Cl)c1. The first-order valence-corrected chi connectivity index (χ1v) is 8.97. The van der Waals surface area contributed by atoms with E-state index >= 15 is 0 Å². The fourth-order valence-corrected chi connectivity index (χ4v) is 3.09. The second-order valence-corrected chi connectivity index (χ2v) is 6.58. The van der Waals surface area contributed by atoms with E-state index in [-0.39, 0.29) is 16.6 Å². The quantitative estimate of drug-likeness (QED) is 0.662. The minimum absolute atomic E-state index is 0.0542. The lowest BCUT2D eigenvalue weighted by Gasteiger charge is -2.23. The Balaban J connectivity index is 1.85. The van der Waals surface area contributed by atoms with Gasteiger partial charge in [0.05, 0.1) is 5.02 Å². The first kappa shape index (κ1) is 18.9. The molecule has 3 aromatic rings. The van der Waals surface area contributed by atoms with Crippen LogP contribution in [0.5, 0.6) is 0 Å². The summed E-state index contributed by atoms with van der Waals surface area (Å²) >= 11 is 5.77. The van der Waals surface area contributed by atoms with E-state index in [1.807, 2.05) is 19.1 Å². The van der Waals surface area contributed by atoms with E-state index < -0.39 is 5.82 Å². The number of carbonyl (C=O) groups is 1. The zero-order valence-electron chi connectivity index (χ0n) is 14.8. The highest BCUT2D eigenvalue weighted by molar-refractivity contribution is 6.31. The smallest absolute Gasteiger partial charge is 0.322 e.